The molecule has 0 spiro atoms. The Morgan fingerprint density at radius 1 is 1.09 bits per heavy atom. The van der Waals surface area contributed by atoms with Gasteiger partial charge in [-0.25, -0.2) is 0 Å². The molecule has 8 heteroatoms. The van der Waals surface area contributed by atoms with Gasteiger partial charge in [0.15, 0.2) is 0 Å². The second-order valence-electron chi connectivity index (χ2n) is 8.46. The van der Waals surface area contributed by atoms with Crippen LogP contribution in [0.1, 0.15) is 35.1 Å². The van der Waals surface area contributed by atoms with Crippen molar-refractivity contribution in [3.63, 3.8) is 0 Å². The van der Waals surface area contributed by atoms with Crippen molar-refractivity contribution in [1.82, 2.24) is 4.90 Å². The van der Waals surface area contributed by atoms with Crippen LogP contribution < -0.4 is 5.32 Å². The van der Waals surface area contributed by atoms with E-state index in [9.17, 15) is 19.7 Å². The Bertz CT molecular complexity index is 1350. The smallest absolute Gasteiger partial charge is 0.269 e. The average Bonchev–Trinajstić information content (AvgIpc) is 3.17. The fourth-order valence-corrected chi connectivity index (χ4v) is 4.56. The fourth-order valence-electron chi connectivity index (χ4n) is 4.56. The summed E-state index contributed by atoms with van der Waals surface area (Å²) in [4.78, 5) is 42.4. The Morgan fingerprint density at radius 2 is 1.88 bits per heavy atom. The standard InChI is InChI=1S/C26H22N4O4/c1-16(31)29-12-11-18-13-20(8-7-19(18)15-29)27-25(17-5-3-2-4-6-17)24-22-14-21(30(33)34)9-10-23(22)28-26(24)32/h2-10,13-14,24H,11-12,15H2,1H3,(H,28,32). The van der Waals surface area contributed by atoms with E-state index in [1.165, 1.54) is 12.1 Å². The molecule has 34 heavy (non-hydrogen) atoms. The van der Waals surface area contributed by atoms with Crippen LogP contribution in [0.3, 0.4) is 0 Å². The Labute approximate surface area is 196 Å². The Balaban J connectivity index is 1.60. The Hall–Kier alpha value is -4.33. The number of carbonyl (C=O) groups is 2. The van der Waals surface area contributed by atoms with Gasteiger partial charge in [0.25, 0.3) is 5.69 Å². The van der Waals surface area contributed by atoms with Gasteiger partial charge in [0, 0.05) is 43.4 Å². The molecule has 8 nitrogen and oxygen atoms in total. The highest BCUT2D eigenvalue weighted by atomic mass is 16.6. The SMILES string of the molecule is CC(=O)N1CCc2cc(N=C(c3ccccc3)C3C(=O)Nc4ccc([N+](=O)[O-])cc43)ccc2C1. The first-order valence-electron chi connectivity index (χ1n) is 11.0. The summed E-state index contributed by atoms with van der Waals surface area (Å²) in [5.74, 6) is -0.992. The molecule has 0 aliphatic carbocycles. The zero-order chi connectivity index (χ0) is 23.8. The van der Waals surface area contributed by atoms with Crippen LogP contribution >= 0.6 is 0 Å². The summed E-state index contributed by atoms with van der Waals surface area (Å²) in [6.45, 7) is 2.80. The van der Waals surface area contributed by atoms with E-state index in [1.54, 1.807) is 13.0 Å². The number of non-ortho nitro benzene ring substituents is 1. The highest BCUT2D eigenvalue weighted by Gasteiger charge is 2.36. The Morgan fingerprint density at radius 3 is 2.62 bits per heavy atom. The number of hydrogen-bond acceptors (Lipinski definition) is 5. The van der Waals surface area contributed by atoms with Crippen LogP contribution in [-0.2, 0) is 22.6 Å². The number of hydrogen-bond donors (Lipinski definition) is 1. The van der Waals surface area contributed by atoms with E-state index in [0.29, 0.717) is 35.7 Å². The van der Waals surface area contributed by atoms with E-state index < -0.39 is 10.8 Å². The normalized spacial score (nSPS) is 17.1. The topological polar surface area (TPSA) is 105 Å². The number of aliphatic imine (C=N–C) groups is 1. The number of amides is 2. The second-order valence-corrected chi connectivity index (χ2v) is 8.46. The number of nitro benzene ring substituents is 1. The van der Waals surface area contributed by atoms with E-state index in [-0.39, 0.29) is 17.5 Å². The monoisotopic (exact) mass is 454 g/mol. The van der Waals surface area contributed by atoms with Crippen LogP contribution in [0, 0.1) is 10.1 Å². The van der Waals surface area contributed by atoms with Crippen LogP contribution in [0.4, 0.5) is 17.1 Å². The first-order chi connectivity index (χ1) is 16.4. The number of carbonyl (C=O) groups excluding carboxylic acids is 2. The fraction of sp³-hybridized carbons (Fsp3) is 0.192. The highest BCUT2D eigenvalue weighted by molar-refractivity contribution is 6.24. The van der Waals surface area contributed by atoms with Gasteiger partial charge in [-0.05, 0) is 41.3 Å². The number of fused-ring (bicyclic) bond motifs is 2. The molecule has 1 N–H and O–H groups in total. The summed E-state index contributed by atoms with van der Waals surface area (Å²) in [5.41, 5.74) is 5.22. The van der Waals surface area contributed by atoms with Gasteiger partial charge in [0.05, 0.1) is 16.3 Å². The molecule has 3 aromatic carbocycles. The van der Waals surface area contributed by atoms with Crippen molar-refractivity contribution in [2.24, 2.45) is 4.99 Å². The molecular formula is C26H22N4O4. The third kappa shape index (κ3) is 3.94. The Kier molecular flexibility index (Phi) is 5.41. The van der Waals surface area contributed by atoms with Crippen molar-refractivity contribution in [3.05, 3.63) is 99.1 Å². The molecule has 0 aromatic heterocycles. The van der Waals surface area contributed by atoms with E-state index >= 15 is 0 Å². The molecule has 0 saturated carbocycles. The summed E-state index contributed by atoms with van der Waals surface area (Å²) in [6.07, 6.45) is 0.734. The van der Waals surface area contributed by atoms with Gasteiger partial charge < -0.3 is 10.2 Å². The largest absolute Gasteiger partial charge is 0.338 e. The minimum Gasteiger partial charge on any atom is -0.338 e. The number of nitrogens with zero attached hydrogens (tertiary/aromatic N) is 3. The van der Waals surface area contributed by atoms with Crippen LogP contribution in [0.5, 0.6) is 0 Å². The predicted molar refractivity (Wildman–Crippen MR) is 128 cm³/mol. The van der Waals surface area contributed by atoms with Gasteiger partial charge >= 0.3 is 0 Å². The molecule has 0 radical (unpaired) electrons. The number of benzene rings is 3. The molecule has 2 heterocycles. The van der Waals surface area contributed by atoms with Crippen molar-refractivity contribution in [2.45, 2.75) is 25.8 Å². The van der Waals surface area contributed by atoms with Crippen molar-refractivity contribution in [3.8, 4) is 0 Å². The first-order valence-corrected chi connectivity index (χ1v) is 11.0. The highest BCUT2D eigenvalue weighted by Crippen LogP contribution is 2.38. The van der Waals surface area contributed by atoms with Gasteiger partial charge in [-0.3, -0.25) is 24.7 Å². The average molecular weight is 454 g/mol. The quantitative estimate of drug-likeness (QED) is 0.359. The lowest BCUT2D eigenvalue weighted by molar-refractivity contribution is -0.384. The molecule has 5 rings (SSSR count). The van der Waals surface area contributed by atoms with Crippen LogP contribution in [0.2, 0.25) is 0 Å². The first kappa shape index (κ1) is 21.5. The summed E-state index contributed by atoms with van der Waals surface area (Å²) in [6, 6.07) is 19.6. The third-order valence-electron chi connectivity index (χ3n) is 6.32. The minimum atomic E-state index is -0.776. The zero-order valence-corrected chi connectivity index (χ0v) is 18.5. The van der Waals surface area contributed by atoms with Gasteiger partial charge in [-0.1, -0.05) is 36.4 Å². The molecule has 3 aromatic rings. The summed E-state index contributed by atoms with van der Waals surface area (Å²) >= 11 is 0. The number of anilines is 1. The van der Waals surface area contributed by atoms with Gasteiger partial charge in [-0.15, -0.1) is 0 Å². The third-order valence-corrected chi connectivity index (χ3v) is 6.32. The van der Waals surface area contributed by atoms with E-state index in [2.05, 4.69) is 5.32 Å². The van der Waals surface area contributed by atoms with Crippen molar-refractivity contribution in [1.29, 1.82) is 0 Å². The van der Waals surface area contributed by atoms with Crippen molar-refractivity contribution < 1.29 is 14.5 Å². The van der Waals surface area contributed by atoms with E-state index in [4.69, 9.17) is 4.99 Å². The summed E-state index contributed by atoms with van der Waals surface area (Å²) < 4.78 is 0. The molecular weight excluding hydrogens is 432 g/mol. The molecule has 0 saturated heterocycles. The maximum Gasteiger partial charge on any atom is 0.269 e. The summed E-state index contributed by atoms with van der Waals surface area (Å²) in [5, 5.41) is 14.2. The predicted octanol–water partition coefficient (Wildman–Crippen LogP) is 4.36. The molecule has 0 fully saturated rings. The molecule has 1 unspecified atom stereocenters. The number of rotatable bonds is 4. The molecule has 2 amide bonds. The van der Waals surface area contributed by atoms with Gasteiger partial charge in [0.1, 0.15) is 5.92 Å². The molecule has 1 atom stereocenters. The van der Waals surface area contributed by atoms with Crippen molar-refractivity contribution >= 4 is 34.6 Å². The maximum absolute atomic E-state index is 13.1. The molecule has 2 aliphatic heterocycles. The maximum atomic E-state index is 13.1. The molecule has 2 aliphatic rings. The molecule has 170 valence electrons. The van der Waals surface area contributed by atoms with Gasteiger partial charge in [-0.2, -0.15) is 0 Å². The van der Waals surface area contributed by atoms with Crippen molar-refractivity contribution in [2.75, 3.05) is 11.9 Å². The lowest BCUT2D eigenvalue weighted by Crippen LogP contribution is -2.34. The lowest BCUT2D eigenvalue weighted by Gasteiger charge is -2.28. The van der Waals surface area contributed by atoms with E-state index in [1.807, 2.05) is 53.4 Å². The van der Waals surface area contributed by atoms with E-state index in [0.717, 1.165) is 23.1 Å². The second kappa shape index (κ2) is 8.55. The van der Waals surface area contributed by atoms with Gasteiger partial charge in [0.2, 0.25) is 11.8 Å². The van der Waals surface area contributed by atoms with Crippen LogP contribution in [0.25, 0.3) is 0 Å². The van der Waals surface area contributed by atoms with Crippen LogP contribution in [0.15, 0.2) is 71.7 Å². The summed E-state index contributed by atoms with van der Waals surface area (Å²) in [7, 11) is 0. The van der Waals surface area contributed by atoms with Crippen LogP contribution in [-0.4, -0.2) is 33.9 Å². The number of nitro groups is 1. The zero-order valence-electron chi connectivity index (χ0n) is 18.5. The number of nitrogens with one attached hydrogen (secondary N) is 1. The lowest BCUT2D eigenvalue weighted by atomic mass is 9.90. The minimum absolute atomic E-state index is 0.0547. The molecule has 0 bridgehead atoms.